The fourth-order valence-corrected chi connectivity index (χ4v) is 2.17. The van der Waals surface area contributed by atoms with Crippen LogP contribution in [0.2, 0.25) is 0 Å². The highest BCUT2D eigenvalue weighted by atomic mass is 79.9. The SMILES string of the molecule is Nc1nc(=O)n(C2OC(CO)C(=CF)C2=CF)cc1Br. The van der Waals surface area contributed by atoms with Gasteiger partial charge in [-0.05, 0) is 15.9 Å². The van der Waals surface area contributed by atoms with Crippen LogP contribution >= 0.6 is 15.9 Å². The predicted octanol–water partition coefficient (Wildman–Crippen LogP) is 1.18. The highest BCUT2D eigenvalue weighted by Crippen LogP contribution is 2.38. The summed E-state index contributed by atoms with van der Waals surface area (Å²) in [4.78, 5) is 15.3. The molecule has 0 bridgehead atoms. The fourth-order valence-electron chi connectivity index (χ4n) is 1.86. The van der Waals surface area contributed by atoms with E-state index in [1.165, 1.54) is 6.20 Å². The van der Waals surface area contributed by atoms with E-state index in [0.29, 0.717) is 4.47 Å². The lowest BCUT2D eigenvalue weighted by atomic mass is 10.1. The number of aromatic nitrogens is 2. The van der Waals surface area contributed by atoms with E-state index in [1.807, 2.05) is 0 Å². The fraction of sp³-hybridized carbons (Fsp3) is 0.273. The first-order valence-electron chi connectivity index (χ1n) is 5.44. The van der Waals surface area contributed by atoms with Crippen LogP contribution in [0.25, 0.3) is 0 Å². The summed E-state index contributed by atoms with van der Waals surface area (Å²) in [6, 6.07) is 0. The van der Waals surface area contributed by atoms with Crippen molar-refractivity contribution in [3.05, 3.63) is 45.0 Å². The molecule has 0 aliphatic carbocycles. The first-order valence-corrected chi connectivity index (χ1v) is 6.24. The molecule has 0 radical (unpaired) electrons. The Labute approximate surface area is 120 Å². The summed E-state index contributed by atoms with van der Waals surface area (Å²) >= 11 is 3.08. The first-order chi connectivity index (χ1) is 9.53. The molecular weight excluding hydrogens is 340 g/mol. The zero-order chi connectivity index (χ0) is 14.9. The number of aliphatic hydroxyl groups is 1. The van der Waals surface area contributed by atoms with Crippen LogP contribution in [0.1, 0.15) is 6.23 Å². The number of nitrogens with zero attached hydrogens (tertiary/aromatic N) is 2. The van der Waals surface area contributed by atoms with Crippen LogP contribution in [0, 0.1) is 0 Å². The molecule has 6 nitrogen and oxygen atoms in total. The van der Waals surface area contributed by atoms with Crippen molar-refractivity contribution >= 4 is 21.7 Å². The number of ether oxygens (including phenoxy) is 1. The molecule has 2 atom stereocenters. The number of halogens is 3. The molecule has 1 aromatic rings. The first kappa shape index (κ1) is 14.8. The smallest absolute Gasteiger partial charge is 0.351 e. The lowest BCUT2D eigenvalue weighted by molar-refractivity contribution is -0.00866. The van der Waals surface area contributed by atoms with E-state index in [1.54, 1.807) is 0 Å². The Hall–Kier alpha value is -1.58. The quantitative estimate of drug-likeness (QED) is 0.836. The second kappa shape index (κ2) is 5.81. The van der Waals surface area contributed by atoms with Gasteiger partial charge >= 0.3 is 5.69 Å². The number of anilines is 1. The van der Waals surface area contributed by atoms with Crippen molar-refractivity contribution < 1.29 is 18.6 Å². The van der Waals surface area contributed by atoms with Gasteiger partial charge < -0.3 is 15.6 Å². The Kier molecular flexibility index (Phi) is 4.31. The van der Waals surface area contributed by atoms with Gasteiger partial charge in [0.25, 0.3) is 0 Å². The van der Waals surface area contributed by atoms with Crippen molar-refractivity contribution in [2.75, 3.05) is 12.3 Å². The van der Waals surface area contributed by atoms with E-state index in [0.717, 1.165) is 4.57 Å². The molecule has 1 fully saturated rings. The maximum Gasteiger partial charge on any atom is 0.351 e. The minimum Gasteiger partial charge on any atom is -0.393 e. The third-order valence-corrected chi connectivity index (χ3v) is 3.44. The normalized spacial score (nSPS) is 26.6. The Balaban J connectivity index is 2.53. The summed E-state index contributed by atoms with van der Waals surface area (Å²) in [6.07, 6.45) is -0.764. The lowest BCUT2D eigenvalue weighted by Crippen LogP contribution is -2.28. The molecule has 3 N–H and O–H groups in total. The van der Waals surface area contributed by atoms with Crippen LogP contribution in [0.15, 0.2) is 39.3 Å². The van der Waals surface area contributed by atoms with Crippen LogP contribution in [0.5, 0.6) is 0 Å². The van der Waals surface area contributed by atoms with E-state index in [-0.39, 0.29) is 29.6 Å². The average molecular weight is 350 g/mol. The highest BCUT2D eigenvalue weighted by molar-refractivity contribution is 9.10. The summed E-state index contributed by atoms with van der Waals surface area (Å²) in [6.45, 7) is -0.554. The summed E-state index contributed by atoms with van der Waals surface area (Å²) in [7, 11) is 0. The van der Waals surface area contributed by atoms with Gasteiger partial charge in [-0.15, -0.1) is 0 Å². The minimum absolute atomic E-state index is 0.0324. The molecule has 20 heavy (non-hydrogen) atoms. The molecule has 2 rings (SSSR count). The topological polar surface area (TPSA) is 90.4 Å². The number of hydrogen-bond acceptors (Lipinski definition) is 5. The second-order valence-electron chi connectivity index (χ2n) is 3.95. The molecule has 1 saturated heterocycles. The molecule has 0 saturated carbocycles. The number of hydrogen-bond donors (Lipinski definition) is 2. The van der Waals surface area contributed by atoms with Gasteiger partial charge in [-0.2, -0.15) is 4.98 Å². The standard InChI is InChI=1S/C11H10BrF2N3O3/c12-7-3-17(11(19)16-9(7)15)10-6(2-14)5(1-13)8(4-18)20-10/h1-3,8,10,18H,4H2,(H2,15,16,19). The monoisotopic (exact) mass is 349 g/mol. The molecule has 1 aromatic heterocycles. The molecule has 1 aliphatic heterocycles. The van der Waals surface area contributed by atoms with Gasteiger partial charge in [0.05, 0.1) is 23.7 Å². The second-order valence-corrected chi connectivity index (χ2v) is 4.81. The van der Waals surface area contributed by atoms with Crippen molar-refractivity contribution in [1.82, 2.24) is 9.55 Å². The Morgan fingerprint density at radius 3 is 2.70 bits per heavy atom. The van der Waals surface area contributed by atoms with Crippen molar-refractivity contribution in [2.24, 2.45) is 0 Å². The van der Waals surface area contributed by atoms with Gasteiger partial charge in [-0.25, -0.2) is 13.6 Å². The number of rotatable bonds is 2. The van der Waals surface area contributed by atoms with Gasteiger partial charge in [0, 0.05) is 17.3 Å². The summed E-state index contributed by atoms with van der Waals surface area (Å²) in [5.41, 5.74) is 4.30. The Bertz CT molecular complexity index is 644. The lowest BCUT2D eigenvalue weighted by Gasteiger charge is -2.15. The Morgan fingerprint density at radius 2 is 2.15 bits per heavy atom. The van der Waals surface area contributed by atoms with Crippen LogP contribution in [0.3, 0.4) is 0 Å². The minimum atomic E-state index is -1.23. The van der Waals surface area contributed by atoms with Gasteiger partial charge in [0.15, 0.2) is 6.23 Å². The molecule has 108 valence electrons. The molecule has 2 heterocycles. The van der Waals surface area contributed by atoms with Crippen molar-refractivity contribution in [1.29, 1.82) is 0 Å². The van der Waals surface area contributed by atoms with E-state index in [2.05, 4.69) is 20.9 Å². The molecule has 0 amide bonds. The van der Waals surface area contributed by atoms with Crippen LogP contribution in [0.4, 0.5) is 14.6 Å². The average Bonchev–Trinajstić information content (AvgIpc) is 2.80. The van der Waals surface area contributed by atoms with Crippen molar-refractivity contribution in [3.63, 3.8) is 0 Å². The molecule has 9 heteroatoms. The van der Waals surface area contributed by atoms with E-state index in [9.17, 15) is 13.6 Å². The Morgan fingerprint density at radius 1 is 1.50 bits per heavy atom. The summed E-state index contributed by atoms with van der Waals surface area (Å²) < 4.78 is 32.3. The summed E-state index contributed by atoms with van der Waals surface area (Å²) in [5, 5.41) is 9.10. The van der Waals surface area contributed by atoms with E-state index in [4.69, 9.17) is 15.6 Å². The van der Waals surface area contributed by atoms with Crippen LogP contribution < -0.4 is 11.4 Å². The number of nitrogens with two attached hydrogens (primary N) is 1. The van der Waals surface area contributed by atoms with Gasteiger partial charge in [-0.1, -0.05) is 0 Å². The number of nitrogen functional groups attached to an aromatic ring is 1. The van der Waals surface area contributed by atoms with Gasteiger partial charge in [-0.3, -0.25) is 4.57 Å². The summed E-state index contributed by atoms with van der Waals surface area (Å²) in [5.74, 6) is -0.0324. The van der Waals surface area contributed by atoms with E-state index < -0.39 is 24.6 Å². The van der Waals surface area contributed by atoms with Crippen LogP contribution in [-0.2, 0) is 4.74 Å². The molecule has 0 spiro atoms. The molecule has 2 unspecified atom stereocenters. The zero-order valence-electron chi connectivity index (χ0n) is 9.96. The van der Waals surface area contributed by atoms with E-state index >= 15 is 0 Å². The van der Waals surface area contributed by atoms with Gasteiger partial charge in [0.1, 0.15) is 11.9 Å². The highest BCUT2D eigenvalue weighted by Gasteiger charge is 2.37. The maximum absolute atomic E-state index is 13.0. The van der Waals surface area contributed by atoms with Crippen molar-refractivity contribution in [2.45, 2.75) is 12.3 Å². The molecular formula is C11H10BrF2N3O3. The number of aliphatic hydroxyl groups excluding tert-OH is 1. The van der Waals surface area contributed by atoms with Crippen LogP contribution in [-0.4, -0.2) is 27.4 Å². The largest absolute Gasteiger partial charge is 0.393 e. The third-order valence-electron chi connectivity index (χ3n) is 2.83. The third kappa shape index (κ3) is 2.39. The molecule has 1 aliphatic rings. The predicted molar refractivity (Wildman–Crippen MR) is 70.0 cm³/mol. The van der Waals surface area contributed by atoms with Gasteiger partial charge in [0.2, 0.25) is 0 Å². The zero-order valence-corrected chi connectivity index (χ0v) is 11.5. The molecule has 0 aromatic carbocycles. The van der Waals surface area contributed by atoms with Crippen molar-refractivity contribution in [3.8, 4) is 0 Å². The maximum atomic E-state index is 13.0.